The molecule has 0 aliphatic carbocycles. The summed E-state index contributed by atoms with van der Waals surface area (Å²) < 4.78 is 2.04. The third-order valence-electron chi connectivity index (χ3n) is 3.54. The van der Waals surface area contributed by atoms with Crippen LogP contribution in [0.5, 0.6) is 0 Å². The molecule has 1 unspecified atom stereocenters. The van der Waals surface area contributed by atoms with Crippen LogP contribution in [-0.2, 0) is 0 Å². The van der Waals surface area contributed by atoms with Gasteiger partial charge in [-0.3, -0.25) is 4.40 Å². The summed E-state index contributed by atoms with van der Waals surface area (Å²) in [6.45, 7) is 7.09. The molecule has 17 heavy (non-hydrogen) atoms. The maximum absolute atomic E-state index is 5.89. The van der Waals surface area contributed by atoms with Gasteiger partial charge < -0.3 is 11.1 Å². The number of hydrogen-bond acceptors (Lipinski definition) is 3. The summed E-state index contributed by atoms with van der Waals surface area (Å²) in [5.41, 5.74) is 6.72. The van der Waals surface area contributed by atoms with Crippen molar-refractivity contribution < 1.29 is 0 Å². The molecule has 0 aliphatic heterocycles. The summed E-state index contributed by atoms with van der Waals surface area (Å²) in [5, 5.41) is 3.53. The minimum Gasteiger partial charge on any atom is -0.364 e. The lowest BCUT2D eigenvalue weighted by molar-refractivity contribution is 0.381. The predicted molar refractivity (Wildman–Crippen MR) is 71.1 cm³/mol. The van der Waals surface area contributed by atoms with Crippen molar-refractivity contribution in [1.29, 1.82) is 0 Å². The van der Waals surface area contributed by atoms with Gasteiger partial charge in [0.15, 0.2) is 0 Å². The fourth-order valence-electron chi connectivity index (χ4n) is 1.77. The molecule has 0 aliphatic rings. The van der Waals surface area contributed by atoms with E-state index in [1.807, 2.05) is 28.8 Å². The molecule has 0 bridgehead atoms. The highest BCUT2D eigenvalue weighted by Crippen LogP contribution is 2.22. The number of anilines is 1. The van der Waals surface area contributed by atoms with E-state index in [1.165, 1.54) is 0 Å². The molecule has 2 rings (SSSR count). The van der Waals surface area contributed by atoms with Crippen molar-refractivity contribution in [1.82, 2.24) is 9.38 Å². The molecule has 0 saturated heterocycles. The number of nitrogens with one attached hydrogen (secondary N) is 1. The van der Waals surface area contributed by atoms with E-state index in [0.29, 0.717) is 12.5 Å². The van der Waals surface area contributed by atoms with Gasteiger partial charge in [0, 0.05) is 18.9 Å². The molecular weight excluding hydrogens is 212 g/mol. The second-order valence-corrected chi connectivity index (χ2v) is 4.97. The van der Waals surface area contributed by atoms with Crippen molar-refractivity contribution in [2.24, 2.45) is 11.7 Å². The average Bonchev–Trinajstić information content (AvgIpc) is 2.77. The lowest BCUT2D eigenvalue weighted by atomic mass is 9.88. The summed E-state index contributed by atoms with van der Waals surface area (Å²) >= 11 is 0. The lowest BCUT2D eigenvalue weighted by Crippen LogP contribution is -2.47. The fourth-order valence-corrected chi connectivity index (χ4v) is 1.77. The first-order chi connectivity index (χ1) is 8.07. The second-order valence-electron chi connectivity index (χ2n) is 4.97. The number of nitrogens with zero attached hydrogens (tertiary/aromatic N) is 2. The van der Waals surface area contributed by atoms with Crippen LogP contribution in [0.1, 0.15) is 20.8 Å². The molecule has 4 nitrogen and oxygen atoms in total. The summed E-state index contributed by atoms with van der Waals surface area (Å²) in [6.07, 6.45) is 3.75. The number of pyridine rings is 1. The first-order valence-electron chi connectivity index (χ1n) is 5.97. The van der Waals surface area contributed by atoms with Crippen molar-refractivity contribution >= 4 is 11.5 Å². The molecule has 0 aromatic carbocycles. The van der Waals surface area contributed by atoms with Gasteiger partial charge in [-0.05, 0) is 25.0 Å². The molecule has 2 heterocycles. The topological polar surface area (TPSA) is 55.3 Å². The van der Waals surface area contributed by atoms with Gasteiger partial charge in [0.25, 0.3) is 0 Å². The van der Waals surface area contributed by atoms with Gasteiger partial charge in [-0.15, -0.1) is 0 Å². The first-order valence-corrected chi connectivity index (χ1v) is 5.97. The Balaban J connectivity index is 2.38. The highest BCUT2D eigenvalue weighted by molar-refractivity contribution is 5.51. The van der Waals surface area contributed by atoms with E-state index in [9.17, 15) is 0 Å². The summed E-state index contributed by atoms with van der Waals surface area (Å²) in [7, 11) is 0. The zero-order chi connectivity index (χ0) is 12.5. The first kappa shape index (κ1) is 11.9. The van der Waals surface area contributed by atoms with Crippen molar-refractivity contribution in [2.45, 2.75) is 26.3 Å². The van der Waals surface area contributed by atoms with Crippen LogP contribution in [0.3, 0.4) is 0 Å². The zero-order valence-electron chi connectivity index (χ0n) is 10.6. The molecule has 1 atom stereocenters. The number of fused-ring (bicyclic) bond motifs is 1. The highest BCUT2D eigenvalue weighted by Gasteiger charge is 2.26. The minimum absolute atomic E-state index is 0.113. The van der Waals surface area contributed by atoms with Crippen LogP contribution >= 0.6 is 0 Å². The van der Waals surface area contributed by atoms with Gasteiger partial charge in [-0.1, -0.05) is 19.9 Å². The van der Waals surface area contributed by atoms with Gasteiger partial charge in [0.2, 0.25) is 0 Å². The third kappa shape index (κ3) is 2.13. The molecular formula is C13H20N4. The van der Waals surface area contributed by atoms with Gasteiger partial charge in [-0.25, -0.2) is 4.98 Å². The van der Waals surface area contributed by atoms with E-state index in [0.717, 1.165) is 11.5 Å². The normalized spacial score (nSPS) is 15.1. The largest absolute Gasteiger partial charge is 0.364 e. The van der Waals surface area contributed by atoms with Crippen LogP contribution in [-0.4, -0.2) is 21.5 Å². The van der Waals surface area contributed by atoms with E-state index in [2.05, 4.69) is 31.1 Å². The van der Waals surface area contributed by atoms with Crippen LogP contribution in [0.15, 0.2) is 30.6 Å². The van der Waals surface area contributed by atoms with Crippen LogP contribution in [0.2, 0.25) is 0 Å². The van der Waals surface area contributed by atoms with E-state index >= 15 is 0 Å². The van der Waals surface area contributed by atoms with Gasteiger partial charge in [-0.2, -0.15) is 0 Å². The minimum atomic E-state index is -0.113. The molecule has 2 aromatic heterocycles. The number of rotatable bonds is 4. The Morgan fingerprint density at radius 3 is 2.88 bits per heavy atom. The van der Waals surface area contributed by atoms with Crippen molar-refractivity contribution in [3.8, 4) is 0 Å². The SMILES string of the molecule is CC(C)C(C)(CN)Nc1cccc2nccn12. The lowest BCUT2D eigenvalue weighted by Gasteiger charge is -2.34. The molecule has 0 radical (unpaired) electrons. The zero-order valence-corrected chi connectivity index (χ0v) is 10.6. The molecule has 92 valence electrons. The Labute approximate surface area is 102 Å². The Morgan fingerprint density at radius 2 is 2.24 bits per heavy atom. The van der Waals surface area contributed by atoms with Gasteiger partial charge in [0.1, 0.15) is 11.5 Å². The maximum Gasteiger partial charge on any atom is 0.138 e. The summed E-state index contributed by atoms with van der Waals surface area (Å²) in [6, 6.07) is 6.03. The molecule has 0 spiro atoms. The molecule has 0 amide bonds. The number of aromatic nitrogens is 2. The maximum atomic E-state index is 5.89. The second kappa shape index (κ2) is 4.37. The van der Waals surface area contributed by atoms with Crippen LogP contribution in [0.4, 0.5) is 5.82 Å². The Kier molecular flexibility index (Phi) is 3.07. The molecule has 4 heteroatoms. The molecule has 3 N–H and O–H groups in total. The van der Waals surface area contributed by atoms with E-state index in [1.54, 1.807) is 6.20 Å². The molecule has 0 fully saturated rings. The van der Waals surface area contributed by atoms with E-state index in [-0.39, 0.29) is 5.54 Å². The predicted octanol–water partition coefficient (Wildman–Crippen LogP) is 2.12. The van der Waals surface area contributed by atoms with Crippen LogP contribution < -0.4 is 11.1 Å². The smallest absolute Gasteiger partial charge is 0.138 e. The van der Waals surface area contributed by atoms with Gasteiger partial charge in [0.05, 0.1) is 5.54 Å². The number of nitrogens with two attached hydrogens (primary N) is 1. The van der Waals surface area contributed by atoms with Crippen molar-refractivity contribution in [2.75, 3.05) is 11.9 Å². The van der Waals surface area contributed by atoms with Crippen LogP contribution in [0.25, 0.3) is 5.65 Å². The van der Waals surface area contributed by atoms with E-state index in [4.69, 9.17) is 5.73 Å². The molecule has 0 saturated carbocycles. The monoisotopic (exact) mass is 232 g/mol. The quantitative estimate of drug-likeness (QED) is 0.849. The fraction of sp³-hybridized carbons (Fsp3) is 0.462. The Morgan fingerprint density at radius 1 is 1.47 bits per heavy atom. The average molecular weight is 232 g/mol. The Hall–Kier alpha value is -1.55. The van der Waals surface area contributed by atoms with Crippen molar-refractivity contribution in [3.05, 3.63) is 30.6 Å². The molecule has 2 aromatic rings. The summed E-state index contributed by atoms with van der Waals surface area (Å²) in [5.74, 6) is 1.48. The number of hydrogen-bond donors (Lipinski definition) is 2. The summed E-state index contributed by atoms with van der Waals surface area (Å²) in [4.78, 5) is 4.27. The van der Waals surface area contributed by atoms with Crippen LogP contribution in [0, 0.1) is 5.92 Å². The van der Waals surface area contributed by atoms with Gasteiger partial charge >= 0.3 is 0 Å². The third-order valence-corrected chi connectivity index (χ3v) is 3.54. The Bertz CT molecular complexity index is 503. The van der Waals surface area contributed by atoms with Crippen molar-refractivity contribution in [3.63, 3.8) is 0 Å². The standard InChI is InChI=1S/C13H20N4/c1-10(2)13(3,9-14)16-12-6-4-5-11-15-7-8-17(11)12/h4-8,10,16H,9,14H2,1-3H3. The van der Waals surface area contributed by atoms with E-state index < -0.39 is 0 Å². The highest BCUT2D eigenvalue weighted by atomic mass is 15.1. The number of imidazole rings is 1.